The second-order valence-corrected chi connectivity index (χ2v) is 5.67. The molecule has 0 aromatic heterocycles. The van der Waals surface area contributed by atoms with Crippen molar-refractivity contribution in [3.8, 4) is 0 Å². The Balaban J connectivity index is 2.17. The third-order valence-electron chi connectivity index (χ3n) is 3.09. The summed E-state index contributed by atoms with van der Waals surface area (Å²) in [6.07, 6.45) is 2.46. The third kappa shape index (κ3) is 3.94. The first-order valence-electron chi connectivity index (χ1n) is 7.09. The molecule has 2 aromatic carbocycles. The van der Waals surface area contributed by atoms with Crippen LogP contribution in [0, 0.1) is 0 Å². The minimum Gasteiger partial charge on any atom is -0.278 e. The van der Waals surface area contributed by atoms with E-state index in [0.717, 1.165) is 5.75 Å². The number of benzene rings is 2. The summed E-state index contributed by atoms with van der Waals surface area (Å²) in [6.45, 7) is 2.23. The Morgan fingerprint density at radius 3 is 1.95 bits per heavy atom. The van der Waals surface area contributed by atoms with Crippen molar-refractivity contribution in [3.63, 3.8) is 0 Å². The van der Waals surface area contributed by atoms with Crippen LogP contribution in [0.3, 0.4) is 0 Å². The van der Waals surface area contributed by atoms with Gasteiger partial charge in [-0.25, -0.2) is 4.41 Å². The zero-order chi connectivity index (χ0) is 14.2. The van der Waals surface area contributed by atoms with E-state index < -0.39 is 0 Å². The number of hydrogen-bond acceptors (Lipinski definition) is 3. The van der Waals surface area contributed by atoms with Crippen molar-refractivity contribution in [2.45, 2.75) is 19.8 Å². The van der Waals surface area contributed by atoms with Gasteiger partial charge in [0.2, 0.25) is 0 Å². The number of unbranched alkanes of at least 4 members (excludes halogenated alkanes) is 1. The monoisotopic (exact) mass is 286 g/mol. The van der Waals surface area contributed by atoms with E-state index in [1.807, 2.05) is 11.9 Å². The molecule has 2 rings (SSSR count). The van der Waals surface area contributed by atoms with Gasteiger partial charge in [-0.05, 0) is 42.6 Å². The van der Waals surface area contributed by atoms with Crippen LogP contribution in [0.4, 0.5) is 11.4 Å². The van der Waals surface area contributed by atoms with Crippen LogP contribution in [0.2, 0.25) is 0 Å². The van der Waals surface area contributed by atoms with Crippen molar-refractivity contribution in [2.24, 2.45) is 0 Å². The highest BCUT2D eigenvalue weighted by Crippen LogP contribution is 2.28. The number of anilines is 2. The molecule has 106 valence electrons. The molecule has 0 heterocycles. The summed E-state index contributed by atoms with van der Waals surface area (Å²) in [5.74, 6) is 1.13. The van der Waals surface area contributed by atoms with Gasteiger partial charge in [-0.3, -0.25) is 5.01 Å². The van der Waals surface area contributed by atoms with Gasteiger partial charge in [0, 0.05) is 12.8 Å². The Bertz CT molecular complexity index is 487. The minimum atomic E-state index is 1.13. The number of rotatable bonds is 7. The molecule has 0 radical (unpaired) electrons. The van der Waals surface area contributed by atoms with E-state index in [0.29, 0.717) is 0 Å². The fourth-order valence-electron chi connectivity index (χ4n) is 1.93. The zero-order valence-corrected chi connectivity index (χ0v) is 13.0. The molecule has 0 fully saturated rings. The van der Waals surface area contributed by atoms with E-state index in [-0.39, 0.29) is 0 Å². The van der Waals surface area contributed by atoms with E-state index >= 15 is 0 Å². The molecular weight excluding hydrogens is 264 g/mol. The summed E-state index contributed by atoms with van der Waals surface area (Å²) in [5, 5.41) is 2.20. The fourth-order valence-corrected chi connectivity index (χ4v) is 3.06. The lowest BCUT2D eigenvalue weighted by Crippen LogP contribution is -2.34. The molecular formula is C17H22N2S. The molecule has 0 saturated heterocycles. The van der Waals surface area contributed by atoms with Crippen molar-refractivity contribution in [1.82, 2.24) is 0 Å². The lowest BCUT2D eigenvalue weighted by Gasteiger charge is -2.34. The lowest BCUT2D eigenvalue weighted by molar-refractivity contribution is 0.891. The van der Waals surface area contributed by atoms with Crippen LogP contribution in [-0.4, -0.2) is 12.8 Å². The van der Waals surface area contributed by atoms with Crippen LogP contribution >= 0.6 is 11.9 Å². The Hall–Kier alpha value is -1.61. The number of para-hydroxylation sites is 2. The maximum absolute atomic E-state index is 2.27. The number of hydrogen-bond donors (Lipinski definition) is 0. The smallest absolute Gasteiger partial charge is 0.0703 e. The van der Waals surface area contributed by atoms with E-state index in [9.17, 15) is 0 Å². The van der Waals surface area contributed by atoms with Gasteiger partial charge in [0.1, 0.15) is 0 Å². The Morgan fingerprint density at radius 2 is 1.40 bits per heavy atom. The molecule has 0 aliphatic rings. The molecule has 0 unspecified atom stereocenters. The van der Waals surface area contributed by atoms with Gasteiger partial charge in [-0.2, -0.15) is 0 Å². The number of nitrogens with zero attached hydrogens (tertiary/aromatic N) is 2. The van der Waals surface area contributed by atoms with E-state index in [1.54, 1.807) is 0 Å². The van der Waals surface area contributed by atoms with Gasteiger partial charge in [0.25, 0.3) is 0 Å². The Kier molecular flexibility index (Phi) is 5.81. The summed E-state index contributed by atoms with van der Waals surface area (Å²) >= 11 is 1.86. The van der Waals surface area contributed by atoms with Crippen LogP contribution in [-0.2, 0) is 0 Å². The highest BCUT2D eigenvalue weighted by atomic mass is 32.2. The lowest BCUT2D eigenvalue weighted by atomic mass is 10.3. The minimum absolute atomic E-state index is 1.13. The summed E-state index contributed by atoms with van der Waals surface area (Å²) < 4.78 is 2.27. The Morgan fingerprint density at radius 1 is 0.850 bits per heavy atom. The average molecular weight is 286 g/mol. The second-order valence-electron chi connectivity index (χ2n) is 4.65. The molecule has 0 bridgehead atoms. The van der Waals surface area contributed by atoms with Crippen LogP contribution < -0.4 is 9.42 Å². The molecule has 20 heavy (non-hydrogen) atoms. The van der Waals surface area contributed by atoms with Crippen molar-refractivity contribution in [2.75, 3.05) is 22.2 Å². The van der Waals surface area contributed by atoms with Crippen molar-refractivity contribution in [3.05, 3.63) is 60.7 Å². The summed E-state index contributed by atoms with van der Waals surface area (Å²) in [7, 11) is 2.11. The van der Waals surface area contributed by atoms with Crippen LogP contribution in [0.5, 0.6) is 0 Å². The van der Waals surface area contributed by atoms with Gasteiger partial charge >= 0.3 is 0 Å². The second kappa shape index (κ2) is 7.85. The van der Waals surface area contributed by atoms with E-state index in [2.05, 4.69) is 84.1 Å². The molecule has 0 atom stereocenters. The predicted octanol–water partition coefficient (Wildman–Crippen LogP) is 4.99. The zero-order valence-electron chi connectivity index (χ0n) is 12.2. The predicted molar refractivity (Wildman–Crippen MR) is 91.1 cm³/mol. The molecule has 0 spiro atoms. The summed E-state index contributed by atoms with van der Waals surface area (Å²) in [4.78, 5) is 0. The quantitative estimate of drug-likeness (QED) is 0.402. The van der Waals surface area contributed by atoms with Crippen LogP contribution in [0.1, 0.15) is 19.8 Å². The third-order valence-corrected chi connectivity index (χ3v) is 4.26. The number of hydrazine groups is 1. The summed E-state index contributed by atoms with van der Waals surface area (Å²) in [5.41, 5.74) is 2.40. The summed E-state index contributed by atoms with van der Waals surface area (Å²) in [6, 6.07) is 21.0. The van der Waals surface area contributed by atoms with E-state index in [1.165, 1.54) is 24.2 Å². The SMILES string of the molecule is CCCCSN(c1ccccc1)N(C)c1ccccc1. The van der Waals surface area contributed by atoms with Gasteiger partial charge in [-0.15, -0.1) is 0 Å². The fraction of sp³-hybridized carbons (Fsp3) is 0.294. The topological polar surface area (TPSA) is 6.48 Å². The van der Waals surface area contributed by atoms with Gasteiger partial charge in [-0.1, -0.05) is 49.7 Å². The molecule has 0 aliphatic carbocycles. The van der Waals surface area contributed by atoms with E-state index in [4.69, 9.17) is 0 Å². The molecule has 0 amide bonds. The first-order chi connectivity index (χ1) is 9.83. The van der Waals surface area contributed by atoms with Gasteiger partial charge < -0.3 is 0 Å². The van der Waals surface area contributed by atoms with Crippen molar-refractivity contribution < 1.29 is 0 Å². The molecule has 0 aliphatic heterocycles. The maximum Gasteiger partial charge on any atom is 0.0703 e. The van der Waals surface area contributed by atoms with Crippen LogP contribution in [0.15, 0.2) is 60.7 Å². The largest absolute Gasteiger partial charge is 0.278 e. The van der Waals surface area contributed by atoms with Crippen molar-refractivity contribution >= 4 is 23.3 Å². The molecule has 2 aromatic rings. The first-order valence-corrected chi connectivity index (χ1v) is 8.04. The molecule has 0 saturated carbocycles. The molecule has 3 heteroatoms. The Labute approximate surface area is 126 Å². The highest BCUT2D eigenvalue weighted by Gasteiger charge is 2.13. The normalized spacial score (nSPS) is 10.3. The first kappa shape index (κ1) is 14.8. The molecule has 0 N–H and O–H groups in total. The molecule has 2 nitrogen and oxygen atoms in total. The highest BCUT2D eigenvalue weighted by molar-refractivity contribution is 8.00. The standard InChI is InChI=1S/C17H22N2S/c1-3-4-15-20-19(17-13-9-6-10-14-17)18(2)16-11-7-5-8-12-16/h5-14H,3-4,15H2,1-2H3. The maximum atomic E-state index is 2.27. The van der Waals surface area contributed by atoms with Gasteiger partial charge in [0.15, 0.2) is 0 Å². The average Bonchev–Trinajstić information content (AvgIpc) is 2.53. The van der Waals surface area contributed by atoms with Crippen LogP contribution in [0.25, 0.3) is 0 Å². The van der Waals surface area contributed by atoms with Crippen molar-refractivity contribution in [1.29, 1.82) is 0 Å². The van der Waals surface area contributed by atoms with Gasteiger partial charge in [0.05, 0.1) is 11.4 Å².